The van der Waals surface area contributed by atoms with Crippen LogP contribution in [0.1, 0.15) is 52.7 Å². The van der Waals surface area contributed by atoms with Crippen LogP contribution >= 0.6 is 22.7 Å². The zero-order valence-corrected chi connectivity index (χ0v) is 45.5. The van der Waals surface area contributed by atoms with Crippen molar-refractivity contribution in [2.75, 3.05) is 0 Å². The Hall–Kier alpha value is -8.55. The van der Waals surface area contributed by atoms with Gasteiger partial charge in [-0.2, -0.15) is 0 Å². The van der Waals surface area contributed by atoms with E-state index in [1.165, 1.54) is 78.9 Å². The Morgan fingerprint density at radius 3 is 1.23 bits per heavy atom. The molecular formula is C71H54N4S2. The zero-order valence-electron chi connectivity index (χ0n) is 43.9. The molecule has 6 heteroatoms. The third-order valence-electron chi connectivity index (χ3n) is 15.3. The van der Waals surface area contributed by atoms with E-state index in [0.29, 0.717) is 17.5 Å². The summed E-state index contributed by atoms with van der Waals surface area (Å²) in [6.07, 6.45) is 0. The Labute approximate surface area is 456 Å². The fraction of sp³-hybridized carbons (Fsp3) is 0.113. The molecule has 0 N–H and O–H groups in total. The fourth-order valence-corrected chi connectivity index (χ4v) is 13.6. The van der Waals surface area contributed by atoms with Crippen molar-refractivity contribution >= 4 is 84.8 Å². The lowest BCUT2D eigenvalue weighted by atomic mass is 9.83. The average molecular weight is 1030 g/mol. The molecule has 0 fully saturated rings. The summed E-state index contributed by atoms with van der Waals surface area (Å²) in [5.41, 5.74) is 15.3. The van der Waals surface area contributed by atoms with E-state index < -0.39 is 0 Å². The summed E-state index contributed by atoms with van der Waals surface area (Å²) >= 11 is 3.61. The molecule has 0 amide bonds. The van der Waals surface area contributed by atoms with E-state index >= 15 is 0 Å². The van der Waals surface area contributed by atoms with Crippen LogP contribution in [-0.4, -0.2) is 19.5 Å². The molecule has 0 bridgehead atoms. The number of thiophene rings is 2. The maximum Gasteiger partial charge on any atom is 0.164 e. The smallest absolute Gasteiger partial charge is 0.164 e. The predicted octanol–water partition coefficient (Wildman–Crippen LogP) is 20.3. The second-order valence-corrected chi connectivity index (χ2v) is 24.6. The lowest BCUT2D eigenvalue weighted by Crippen LogP contribution is -2.11. The summed E-state index contributed by atoms with van der Waals surface area (Å²) in [7, 11) is 0. The van der Waals surface area contributed by atoms with Crippen molar-refractivity contribution in [3.8, 4) is 73.2 Å². The monoisotopic (exact) mass is 1030 g/mol. The molecule has 77 heavy (non-hydrogen) atoms. The van der Waals surface area contributed by atoms with Gasteiger partial charge in [0.2, 0.25) is 0 Å². The van der Waals surface area contributed by atoms with Crippen LogP contribution < -0.4 is 0 Å². The average Bonchev–Trinajstić information content (AvgIpc) is 4.36. The molecule has 0 radical (unpaired) electrons. The highest BCUT2D eigenvalue weighted by atomic mass is 32.1. The predicted molar refractivity (Wildman–Crippen MR) is 330 cm³/mol. The van der Waals surface area contributed by atoms with Gasteiger partial charge in [-0.15, -0.1) is 22.7 Å². The lowest BCUT2D eigenvalue weighted by Gasteiger charge is -2.24. The van der Waals surface area contributed by atoms with Crippen LogP contribution in [0.3, 0.4) is 0 Å². The van der Waals surface area contributed by atoms with Crippen LogP contribution in [0.5, 0.6) is 0 Å². The van der Waals surface area contributed by atoms with Crippen LogP contribution in [0.4, 0.5) is 0 Å². The molecule has 0 unspecified atom stereocenters. The minimum Gasteiger partial charge on any atom is -0.307 e. The summed E-state index contributed by atoms with van der Waals surface area (Å²) in [5.74, 6) is 1.87. The number of benzene rings is 10. The van der Waals surface area contributed by atoms with Crippen LogP contribution in [0.2, 0.25) is 0 Å². The minimum atomic E-state index is -0.102. The van der Waals surface area contributed by atoms with E-state index in [1.54, 1.807) is 22.7 Å². The second kappa shape index (κ2) is 18.1. The van der Waals surface area contributed by atoms with Crippen molar-refractivity contribution in [1.29, 1.82) is 0 Å². The van der Waals surface area contributed by atoms with Crippen molar-refractivity contribution in [2.45, 2.75) is 52.4 Å². The highest BCUT2D eigenvalue weighted by Crippen LogP contribution is 2.48. The number of rotatable bonds is 7. The maximum atomic E-state index is 5.52. The number of hydrogen-bond donors (Lipinski definition) is 0. The second-order valence-electron chi connectivity index (χ2n) is 22.4. The van der Waals surface area contributed by atoms with Gasteiger partial charge in [-0.25, -0.2) is 15.0 Å². The van der Waals surface area contributed by atoms with E-state index in [1.807, 2.05) is 0 Å². The standard InChI is InChI=1S/C71H54N4S2/c1-70(2,3)49-32-35-60-58(40-49)59-42-50(71(4,5)6)41-57(45-24-14-9-15-25-45)66(59)75(60)65-55(43-20-10-7-11-21-43)36-48(37-56(65)44-22-12-8-13-23-44)69-73-67(46-30-33-53-51-26-16-18-28-61(51)76-63(53)38-46)72-68(74-69)47-31-34-54-52-27-17-19-29-62(52)77-64(54)39-47/h7-42H,1-6H3. The molecule has 10 aromatic carbocycles. The number of aromatic nitrogens is 4. The molecule has 0 saturated heterocycles. The molecule has 370 valence electrons. The van der Waals surface area contributed by atoms with Gasteiger partial charge in [0.05, 0.1) is 16.7 Å². The van der Waals surface area contributed by atoms with Gasteiger partial charge in [0, 0.05) is 84.5 Å². The van der Waals surface area contributed by atoms with Crippen LogP contribution in [-0.2, 0) is 10.8 Å². The van der Waals surface area contributed by atoms with Crippen LogP contribution in [0.25, 0.3) is 135 Å². The first-order valence-corrected chi connectivity index (χ1v) is 28.1. The molecule has 0 aliphatic heterocycles. The molecule has 0 spiro atoms. The van der Waals surface area contributed by atoms with E-state index in [0.717, 1.165) is 50.1 Å². The Bertz CT molecular complexity index is 4430. The molecule has 0 atom stereocenters. The van der Waals surface area contributed by atoms with E-state index in [2.05, 4.69) is 264 Å². The first-order valence-electron chi connectivity index (χ1n) is 26.5. The Balaban J connectivity index is 1.09. The zero-order chi connectivity index (χ0) is 52.2. The highest BCUT2D eigenvalue weighted by molar-refractivity contribution is 7.26. The van der Waals surface area contributed by atoms with Gasteiger partial charge in [0.1, 0.15) is 0 Å². The quantitative estimate of drug-likeness (QED) is 0.160. The summed E-state index contributed by atoms with van der Waals surface area (Å²) in [5, 5.41) is 7.46. The molecule has 4 heterocycles. The fourth-order valence-electron chi connectivity index (χ4n) is 11.3. The first kappa shape index (κ1) is 46.9. The van der Waals surface area contributed by atoms with Gasteiger partial charge in [-0.05, 0) is 99.3 Å². The number of hydrogen-bond acceptors (Lipinski definition) is 5. The lowest BCUT2D eigenvalue weighted by molar-refractivity contribution is 0.590. The SMILES string of the molecule is CC(C)(C)c1ccc2c(c1)c1cc(C(C)(C)C)cc(-c3ccccc3)c1n2-c1c(-c2ccccc2)cc(-c2nc(-c3ccc4c(c3)sc3ccccc34)nc(-c3ccc4c(c3)sc3ccccc34)n2)cc1-c1ccccc1. The molecule has 0 aliphatic rings. The molecule has 0 aliphatic carbocycles. The summed E-state index contributed by atoms with van der Waals surface area (Å²) in [6, 6.07) is 80.1. The molecular weight excluding hydrogens is 973 g/mol. The van der Waals surface area contributed by atoms with E-state index in [4.69, 9.17) is 15.0 Å². The Kier molecular flexibility index (Phi) is 11.0. The third-order valence-corrected chi connectivity index (χ3v) is 17.6. The van der Waals surface area contributed by atoms with Gasteiger partial charge < -0.3 is 4.57 Å². The summed E-state index contributed by atoms with van der Waals surface area (Å²) < 4.78 is 7.50. The van der Waals surface area contributed by atoms with E-state index in [9.17, 15) is 0 Å². The van der Waals surface area contributed by atoms with Gasteiger partial charge in [-0.1, -0.05) is 199 Å². The van der Waals surface area contributed by atoms with Crippen LogP contribution in [0, 0.1) is 0 Å². The molecule has 4 nitrogen and oxygen atoms in total. The van der Waals surface area contributed by atoms with Crippen LogP contribution in [0.15, 0.2) is 218 Å². The van der Waals surface area contributed by atoms with Gasteiger partial charge in [-0.3, -0.25) is 0 Å². The number of nitrogens with zero attached hydrogens (tertiary/aromatic N) is 4. The Morgan fingerprint density at radius 2 is 0.740 bits per heavy atom. The van der Waals surface area contributed by atoms with Crippen molar-refractivity contribution < 1.29 is 0 Å². The molecule has 0 saturated carbocycles. The largest absolute Gasteiger partial charge is 0.307 e. The molecule has 4 aromatic heterocycles. The van der Waals surface area contributed by atoms with Crippen molar-refractivity contribution in [3.05, 3.63) is 230 Å². The molecule has 14 rings (SSSR count). The van der Waals surface area contributed by atoms with E-state index in [-0.39, 0.29) is 10.8 Å². The number of fused-ring (bicyclic) bond motifs is 9. The van der Waals surface area contributed by atoms with Gasteiger partial charge in [0.25, 0.3) is 0 Å². The summed E-state index contributed by atoms with van der Waals surface area (Å²) in [6.45, 7) is 13.9. The highest BCUT2D eigenvalue weighted by Gasteiger charge is 2.28. The first-order chi connectivity index (χ1) is 37.4. The topological polar surface area (TPSA) is 43.6 Å². The van der Waals surface area contributed by atoms with Gasteiger partial charge in [0.15, 0.2) is 17.5 Å². The van der Waals surface area contributed by atoms with Gasteiger partial charge >= 0.3 is 0 Å². The third kappa shape index (κ3) is 8.14. The maximum absolute atomic E-state index is 5.52. The Morgan fingerprint density at radius 1 is 0.312 bits per heavy atom. The van der Waals surface area contributed by atoms with Crippen molar-refractivity contribution in [3.63, 3.8) is 0 Å². The molecule has 14 aromatic rings. The normalized spacial score (nSPS) is 12.3. The van der Waals surface area contributed by atoms with Crippen molar-refractivity contribution in [1.82, 2.24) is 19.5 Å². The van der Waals surface area contributed by atoms with Crippen molar-refractivity contribution in [2.24, 2.45) is 0 Å². The minimum absolute atomic E-state index is 0.0614. The summed E-state index contributed by atoms with van der Waals surface area (Å²) in [4.78, 5) is 16.4.